The van der Waals surface area contributed by atoms with Crippen LogP contribution in [0.2, 0.25) is 0 Å². The molecule has 1 saturated heterocycles. The van der Waals surface area contributed by atoms with Crippen LogP contribution in [-0.2, 0) is 16.1 Å². The Kier molecular flexibility index (Phi) is 5.68. The Morgan fingerprint density at radius 1 is 1.15 bits per heavy atom. The number of hydrogen-bond donors (Lipinski definition) is 2. The normalized spacial score (nSPS) is 17.2. The van der Waals surface area contributed by atoms with E-state index in [1.165, 1.54) is 12.7 Å². The lowest BCUT2D eigenvalue weighted by atomic mass is 10.0. The molecule has 5 nitrogen and oxygen atoms in total. The molecule has 5 heteroatoms. The molecule has 136 valence electrons. The van der Waals surface area contributed by atoms with Crippen molar-refractivity contribution in [2.24, 2.45) is 11.7 Å². The fourth-order valence-corrected chi connectivity index (χ4v) is 3.45. The van der Waals surface area contributed by atoms with Gasteiger partial charge in [0.1, 0.15) is 5.84 Å². The highest BCUT2D eigenvalue weighted by Gasteiger charge is 2.24. The van der Waals surface area contributed by atoms with Crippen LogP contribution in [0.4, 0.5) is 0 Å². The first kappa shape index (κ1) is 18.1. The first-order valence-electron chi connectivity index (χ1n) is 8.88. The van der Waals surface area contributed by atoms with Crippen molar-refractivity contribution in [1.82, 2.24) is 4.90 Å². The third-order valence-corrected chi connectivity index (χ3v) is 4.94. The van der Waals surface area contributed by atoms with Crippen molar-refractivity contribution in [3.05, 3.63) is 59.7 Å². The van der Waals surface area contributed by atoms with E-state index in [1.54, 1.807) is 0 Å². The number of esters is 1. The van der Waals surface area contributed by atoms with Crippen LogP contribution in [0.1, 0.15) is 24.0 Å². The zero-order valence-electron chi connectivity index (χ0n) is 15.1. The van der Waals surface area contributed by atoms with Gasteiger partial charge in [-0.3, -0.25) is 15.1 Å². The molecule has 1 atom stereocenters. The van der Waals surface area contributed by atoms with Gasteiger partial charge in [0.05, 0.1) is 7.11 Å². The maximum absolute atomic E-state index is 11.4. The number of amidine groups is 1. The zero-order valence-corrected chi connectivity index (χ0v) is 15.1. The van der Waals surface area contributed by atoms with Crippen molar-refractivity contribution < 1.29 is 9.53 Å². The highest BCUT2D eigenvalue weighted by atomic mass is 16.5. The smallest absolute Gasteiger partial charge is 0.305 e. The van der Waals surface area contributed by atoms with Gasteiger partial charge in [0, 0.05) is 25.1 Å². The molecule has 1 unspecified atom stereocenters. The Morgan fingerprint density at radius 3 is 2.35 bits per heavy atom. The van der Waals surface area contributed by atoms with Gasteiger partial charge in [-0.05, 0) is 35.6 Å². The molecule has 0 radical (unpaired) electrons. The third-order valence-electron chi connectivity index (χ3n) is 4.94. The number of benzene rings is 2. The van der Waals surface area contributed by atoms with Gasteiger partial charge < -0.3 is 10.5 Å². The Morgan fingerprint density at radius 2 is 1.77 bits per heavy atom. The van der Waals surface area contributed by atoms with Crippen LogP contribution in [0.15, 0.2) is 48.5 Å². The van der Waals surface area contributed by atoms with E-state index in [-0.39, 0.29) is 11.8 Å². The number of carbonyl (C=O) groups excluding carboxylic acids is 1. The molecule has 2 aromatic rings. The van der Waals surface area contributed by atoms with Gasteiger partial charge in [0.15, 0.2) is 0 Å². The van der Waals surface area contributed by atoms with E-state index in [0.717, 1.165) is 42.7 Å². The van der Waals surface area contributed by atoms with Crippen molar-refractivity contribution in [2.45, 2.75) is 19.4 Å². The lowest BCUT2D eigenvalue weighted by molar-refractivity contribution is -0.141. The van der Waals surface area contributed by atoms with E-state index < -0.39 is 0 Å². The predicted molar refractivity (Wildman–Crippen MR) is 103 cm³/mol. The average Bonchev–Trinajstić information content (AvgIpc) is 3.09. The first-order valence-corrected chi connectivity index (χ1v) is 8.88. The predicted octanol–water partition coefficient (Wildman–Crippen LogP) is 3.02. The van der Waals surface area contributed by atoms with Crippen LogP contribution in [0.25, 0.3) is 11.1 Å². The van der Waals surface area contributed by atoms with E-state index in [0.29, 0.717) is 12.3 Å². The zero-order chi connectivity index (χ0) is 18.5. The molecular formula is C21H25N3O2. The second-order valence-electron chi connectivity index (χ2n) is 6.86. The number of methoxy groups -OCH3 is 1. The Labute approximate surface area is 154 Å². The number of nitrogens with one attached hydrogen (secondary N) is 1. The molecule has 1 aliphatic heterocycles. The molecule has 1 aliphatic rings. The topological polar surface area (TPSA) is 79.4 Å². The Bertz CT molecular complexity index is 769. The standard InChI is InChI=1S/C21H25N3O2/c1-26-20(25)12-16-10-11-24(14-16)13-15-2-4-17(5-3-15)18-6-8-19(9-7-18)21(22)23/h2-9,16H,10-14H2,1H3,(H3,22,23). The van der Waals surface area contributed by atoms with Gasteiger partial charge in [0.2, 0.25) is 0 Å². The summed E-state index contributed by atoms with van der Waals surface area (Å²) in [7, 11) is 1.45. The number of likely N-dealkylation sites (tertiary alicyclic amines) is 1. The fourth-order valence-electron chi connectivity index (χ4n) is 3.45. The fraction of sp³-hybridized carbons (Fsp3) is 0.333. The molecule has 1 heterocycles. The van der Waals surface area contributed by atoms with Crippen LogP contribution in [0.5, 0.6) is 0 Å². The number of ether oxygens (including phenoxy) is 1. The summed E-state index contributed by atoms with van der Waals surface area (Å²) in [6.45, 7) is 2.88. The number of hydrogen-bond acceptors (Lipinski definition) is 4. The van der Waals surface area contributed by atoms with Crippen LogP contribution in [0, 0.1) is 11.3 Å². The average molecular weight is 351 g/mol. The van der Waals surface area contributed by atoms with Crippen LogP contribution >= 0.6 is 0 Å². The summed E-state index contributed by atoms with van der Waals surface area (Å²) in [6, 6.07) is 16.3. The third kappa shape index (κ3) is 4.49. The van der Waals surface area contributed by atoms with Gasteiger partial charge in [-0.1, -0.05) is 48.5 Å². The maximum atomic E-state index is 11.4. The Balaban J connectivity index is 1.58. The number of nitrogens with zero attached hydrogens (tertiary/aromatic N) is 1. The SMILES string of the molecule is COC(=O)CC1CCN(Cc2ccc(-c3ccc(C(=N)N)cc3)cc2)C1. The van der Waals surface area contributed by atoms with Crippen molar-refractivity contribution in [2.75, 3.05) is 20.2 Å². The van der Waals surface area contributed by atoms with Gasteiger partial charge in [-0.25, -0.2) is 0 Å². The second-order valence-corrected chi connectivity index (χ2v) is 6.86. The molecule has 0 amide bonds. The van der Waals surface area contributed by atoms with Gasteiger partial charge in [-0.2, -0.15) is 0 Å². The Hall–Kier alpha value is -2.66. The summed E-state index contributed by atoms with van der Waals surface area (Å²) in [5.41, 5.74) is 9.76. The van der Waals surface area contributed by atoms with E-state index in [4.69, 9.17) is 15.9 Å². The van der Waals surface area contributed by atoms with Crippen LogP contribution in [-0.4, -0.2) is 36.9 Å². The van der Waals surface area contributed by atoms with Crippen molar-refractivity contribution >= 4 is 11.8 Å². The second kappa shape index (κ2) is 8.15. The van der Waals surface area contributed by atoms with Gasteiger partial charge in [0.25, 0.3) is 0 Å². The van der Waals surface area contributed by atoms with Crippen LogP contribution in [0.3, 0.4) is 0 Å². The molecule has 3 N–H and O–H groups in total. The van der Waals surface area contributed by atoms with E-state index >= 15 is 0 Å². The summed E-state index contributed by atoms with van der Waals surface area (Å²) in [5.74, 6) is 0.376. The molecule has 26 heavy (non-hydrogen) atoms. The number of carbonyl (C=O) groups is 1. The minimum absolute atomic E-state index is 0.0861. The molecule has 0 aliphatic carbocycles. The number of nitrogen functional groups attached to an aromatic ring is 1. The lowest BCUT2D eigenvalue weighted by Crippen LogP contribution is -2.21. The molecule has 0 saturated carbocycles. The number of rotatable bonds is 6. The lowest BCUT2D eigenvalue weighted by Gasteiger charge is -2.16. The first-order chi connectivity index (χ1) is 12.5. The molecule has 0 spiro atoms. The molecule has 0 bridgehead atoms. The largest absolute Gasteiger partial charge is 0.469 e. The summed E-state index contributed by atoms with van der Waals surface area (Å²) in [6.07, 6.45) is 1.57. The quantitative estimate of drug-likeness (QED) is 0.476. The van der Waals surface area contributed by atoms with Crippen molar-refractivity contribution in [1.29, 1.82) is 5.41 Å². The molecule has 1 fully saturated rings. The molecule has 2 aromatic carbocycles. The van der Waals surface area contributed by atoms with Gasteiger partial charge >= 0.3 is 5.97 Å². The highest BCUT2D eigenvalue weighted by Crippen LogP contribution is 2.24. The molecule has 3 rings (SSSR count). The summed E-state index contributed by atoms with van der Waals surface area (Å²) in [4.78, 5) is 13.8. The monoisotopic (exact) mass is 351 g/mol. The number of nitrogens with two attached hydrogens (primary N) is 1. The van der Waals surface area contributed by atoms with Crippen LogP contribution < -0.4 is 5.73 Å². The summed E-state index contributed by atoms with van der Waals surface area (Å²) < 4.78 is 4.77. The van der Waals surface area contributed by atoms with E-state index in [1.807, 2.05) is 24.3 Å². The molecule has 0 aromatic heterocycles. The molecular weight excluding hydrogens is 326 g/mol. The maximum Gasteiger partial charge on any atom is 0.305 e. The van der Waals surface area contributed by atoms with Crippen molar-refractivity contribution in [3.8, 4) is 11.1 Å². The summed E-state index contributed by atoms with van der Waals surface area (Å²) in [5, 5.41) is 7.46. The minimum Gasteiger partial charge on any atom is -0.469 e. The van der Waals surface area contributed by atoms with Crippen molar-refractivity contribution in [3.63, 3.8) is 0 Å². The van der Waals surface area contributed by atoms with E-state index in [9.17, 15) is 4.79 Å². The minimum atomic E-state index is -0.114. The highest BCUT2D eigenvalue weighted by molar-refractivity contribution is 5.95. The van der Waals surface area contributed by atoms with Gasteiger partial charge in [-0.15, -0.1) is 0 Å². The summed E-state index contributed by atoms with van der Waals surface area (Å²) >= 11 is 0. The van der Waals surface area contributed by atoms with E-state index in [2.05, 4.69) is 29.2 Å².